The Kier molecular flexibility index (Phi) is 4.44. The topological polar surface area (TPSA) is 86.6 Å². The van der Waals surface area contributed by atoms with Crippen LogP contribution in [0.3, 0.4) is 0 Å². The molecule has 1 amide bonds. The molecular formula is C13H17NO4. The predicted molar refractivity (Wildman–Crippen MR) is 66.2 cm³/mol. The number of carbonyl (C=O) groups is 2. The minimum Gasteiger partial charge on any atom is -0.481 e. The van der Waals surface area contributed by atoms with Crippen LogP contribution < -0.4 is 5.32 Å². The zero-order valence-corrected chi connectivity index (χ0v) is 10.4. The lowest BCUT2D eigenvalue weighted by atomic mass is 9.91. The summed E-state index contributed by atoms with van der Waals surface area (Å²) >= 11 is 0. The maximum absolute atomic E-state index is 11.7. The molecule has 0 aliphatic heterocycles. The molecule has 98 valence electrons. The lowest BCUT2D eigenvalue weighted by molar-refractivity contribution is -0.149. The number of carboxylic acids is 1. The van der Waals surface area contributed by atoms with Gasteiger partial charge in [0.1, 0.15) is 5.92 Å². The Morgan fingerprint density at radius 2 is 1.83 bits per heavy atom. The van der Waals surface area contributed by atoms with Crippen LogP contribution in [0.1, 0.15) is 24.2 Å². The molecule has 0 fully saturated rings. The van der Waals surface area contributed by atoms with Crippen LogP contribution in [-0.4, -0.2) is 34.2 Å². The molecule has 0 saturated heterocycles. The molecule has 0 bridgehead atoms. The van der Waals surface area contributed by atoms with Gasteiger partial charge in [0.2, 0.25) is 0 Å². The average Bonchev–Trinajstić information content (AvgIpc) is 2.28. The lowest BCUT2D eigenvalue weighted by Crippen LogP contribution is -2.44. The second-order valence-electron chi connectivity index (χ2n) is 4.62. The molecule has 0 spiro atoms. The van der Waals surface area contributed by atoms with E-state index in [0.29, 0.717) is 5.56 Å². The van der Waals surface area contributed by atoms with E-state index in [9.17, 15) is 14.7 Å². The normalized spacial score (nSPS) is 12.8. The fraction of sp³-hybridized carbons (Fsp3) is 0.385. The molecule has 5 heteroatoms. The Morgan fingerprint density at radius 1 is 1.28 bits per heavy atom. The molecule has 1 aromatic rings. The van der Waals surface area contributed by atoms with Gasteiger partial charge in [-0.1, -0.05) is 18.2 Å². The van der Waals surface area contributed by atoms with Crippen LogP contribution in [0, 0.1) is 5.92 Å². The van der Waals surface area contributed by atoms with Gasteiger partial charge in [-0.05, 0) is 26.0 Å². The monoisotopic (exact) mass is 251 g/mol. The van der Waals surface area contributed by atoms with Crippen LogP contribution in [-0.2, 0) is 4.79 Å². The zero-order chi connectivity index (χ0) is 13.8. The van der Waals surface area contributed by atoms with Crippen LogP contribution in [0.15, 0.2) is 30.3 Å². The summed E-state index contributed by atoms with van der Waals surface area (Å²) in [6, 6.07) is 8.50. The highest BCUT2D eigenvalue weighted by Gasteiger charge is 2.33. The number of carboxylic acid groups (broad SMARTS) is 1. The maximum atomic E-state index is 11.7. The Hall–Kier alpha value is -1.88. The first-order valence-corrected chi connectivity index (χ1v) is 5.61. The third kappa shape index (κ3) is 3.85. The van der Waals surface area contributed by atoms with Crippen molar-refractivity contribution in [3.8, 4) is 0 Å². The first-order valence-electron chi connectivity index (χ1n) is 5.61. The molecule has 1 aromatic carbocycles. The first-order chi connectivity index (χ1) is 8.32. The molecule has 0 aliphatic carbocycles. The van der Waals surface area contributed by atoms with E-state index >= 15 is 0 Å². The summed E-state index contributed by atoms with van der Waals surface area (Å²) in [7, 11) is 0. The minimum absolute atomic E-state index is 0.118. The Labute approximate surface area is 105 Å². The number of hydrogen-bond donors (Lipinski definition) is 3. The third-order valence-corrected chi connectivity index (χ3v) is 2.65. The summed E-state index contributed by atoms with van der Waals surface area (Å²) in [5.41, 5.74) is -0.937. The molecular weight excluding hydrogens is 234 g/mol. The number of rotatable bonds is 5. The van der Waals surface area contributed by atoms with E-state index in [-0.39, 0.29) is 12.5 Å². The summed E-state index contributed by atoms with van der Waals surface area (Å²) < 4.78 is 0. The fourth-order valence-corrected chi connectivity index (χ4v) is 1.53. The van der Waals surface area contributed by atoms with E-state index < -0.39 is 17.5 Å². The number of nitrogens with one attached hydrogen (secondary N) is 1. The lowest BCUT2D eigenvalue weighted by Gasteiger charge is -2.25. The Morgan fingerprint density at radius 3 is 2.28 bits per heavy atom. The van der Waals surface area contributed by atoms with Crippen LogP contribution in [0.4, 0.5) is 0 Å². The second-order valence-corrected chi connectivity index (χ2v) is 4.62. The van der Waals surface area contributed by atoms with Crippen molar-refractivity contribution in [3.05, 3.63) is 35.9 Å². The summed E-state index contributed by atoms with van der Waals surface area (Å²) in [6.07, 6.45) is 0. The van der Waals surface area contributed by atoms with Gasteiger partial charge in [0.05, 0.1) is 5.60 Å². The van der Waals surface area contributed by atoms with Gasteiger partial charge in [-0.2, -0.15) is 0 Å². The molecule has 0 heterocycles. The van der Waals surface area contributed by atoms with Crippen LogP contribution in [0.2, 0.25) is 0 Å². The van der Waals surface area contributed by atoms with Crippen LogP contribution in [0.5, 0.6) is 0 Å². The van der Waals surface area contributed by atoms with Crippen molar-refractivity contribution in [1.82, 2.24) is 5.32 Å². The van der Waals surface area contributed by atoms with Gasteiger partial charge >= 0.3 is 5.97 Å². The summed E-state index contributed by atoms with van der Waals surface area (Å²) in [5, 5.41) is 21.2. The third-order valence-electron chi connectivity index (χ3n) is 2.65. The second kappa shape index (κ2) is 5.64. The van der Waals surface area contributed by atoms with Gasteiger partial charge in [-0.25, -0.2) is 0 Å². The fourth-order valence-electron chi connectivity index (χ4n) is 1.53. The van der Waals surface area contributed by atoms with Gasteiger partial charge in [-0.3, -0.25) is 9.59 Å². The van der Waals surface area contributed by atoms with Crippen molar-refractivity contribution in [2.75, 3.05) is 6.54 Å². The molecule has 1 atom stereocenters. The van der Waals surface area contributed by atoms with E-state index in [1.54, 1.807) is 30.3 Å². The Bertz CT molecular complexity index is 422. The number of amides is 1. The van der Waals surface area contributed by atoms with E-state index in [0.717, 1.165) is 0 Å². The molecule has 5 nitrogen and oxygen atoms in total. The van der Waals surface area contributed by atoms with E-state index in [2.05, 4.69) is 5.32 Å². The highest BCUT2D eigenvalue weighted by Crippen LogP contribution is 2.16. The summed E-state index contributed by atoms with van der Waals surface area (Å²) in [5.74, 6) is -2.55. The van der Waals surface area contributed by atoms with Gasteiger partial charge in [-0.15, -0.1) is 0 Å². The quantitative estimate of drug-likeness (QED) is 0.725. The van der Waals surface area contributed by atoms with E-state index in [1.165, 1.54) is 13.8 Å². The van der Waals surface area contributed by atoms with Crippen molar-refractivity contribution < 1.29 is 19.8 Å². The highest BCUT2D eigenvalue weighted by molar-refractivity contribution is 5.94. The number of aliphatic carboxylic acids is 1. The minimum atomic E-state index is -1.39. The molecule has 0 radical (unpaired) electrons. The number of aliphatic hydroxyl groups is 1. The van der Waals surface area contributed by atoms with Crippen LogP contribution >= 0.6 is 0 Å². The molecule has 0 aromatic heterocycles. The predicted octanol–water partition coefficient (Wildman–Crippen LogP) is 0.888. The molecule has 3 N–H and O–H groups in total. The van der Waals surface area contributed by atoms with Crippen molar-refractivity contribution in [1.29, 1.82) is 0 Å². The number of benzene rings is 1. The van der Waals surface area contributed by atoms with Gasteiger partial charge < -0.3 is 15.5 Å². The molecule has 1 unspecified atom stereocenters. The standard InChI is InChI=1S/C13H17NO4/c1-13(2,18)10(12(16)17)8-14-11(15)9-6-4-3-5-7-9/h3-7,10,18H,8H2,1-2H3,(H,14,15)(H,16,17). The largest absolute Gasteiger partial charge is 0.481 e. The van der Waals surface area contributed by atoms with Crippen molar-refractivity contribution in [3.63, 3.8) is 0 Å². The van der Waals surface area contributed by atoms with Crippen molar-refractivity contribution in [2.45, 2.75) is 19.4 Å². The smallest absolute Gasteiger partial charge is 0.311 e. The van der Waals surface area contributed by atoms with Gasteiger partial charge in [0, 0.05) is 12.1 Å². The highest BCUT2D eigenvalue weighted by atomic mass is 16.4. The molecule has 18 heavy (non-hydrogen) atoms. The van der Waals surface area contributed by atoms with Gasteiger partial charge in [0.25, 0.3) is 5.91 Å². The summed E-state index contributed by atoms with van der Waals surface area (Å²) in [4.78, 5) is 22.7. The van der Waals surface area contributed by atoms with Crippen molar-refractivity contribution in [2.24, 2.45) is 5.92 Å². The Balaban J connectivity index is 2.64. The average molecular weight is 251 g/mol. The number of carbonyl (C=O) groups excluding carboxylic acids is 1. The van der Waals surface area contributed by atoms with Crippen LogP contribution in [0.25, 0.3) is 0 Å². The van der Waals surface area contributed by atoms with Crippen molar-refractivity contribution >= 4 is 11.9 Å². The van der Waals surface area contributed by atoms with Gasteiger partial charge in [0.15, 0.2) is 0 Å². The molecule has 1 rings (SSSR count). The van der Waals surface area contributed by atoms with E-state index in [1.807, 2.05) is 0 Å². The van der Waals surface area contributed by atoms with E-state index in [4.69, 9.17) is 5.11 Å². The summed E-state index contributed by atoms with van der Waals surface area (Å²) in [6.45, 7) is 2.69. The molecule has 0 saturated carbocycles. The molecule has 0 aliphatic rings. The SMILES string of the molecule is CC(C)(O)C(CNC(=O)c1ccccc1)C(=O)O. The number of hydrogen-bond acceptors (Lipinski definition) is 3. The first kappa shape index (κ1) is 14.2. The maximum Gasteiger partial charge on any atom is 0.311 e. The zero-order valence-electron chi connectivity index (χ0n) is 10.4.